The van der Waals surface area contributed by atoms with Crippen LogP contribution in [-0.4, -0.2) is 12.5 Å². The molecule has 0 N–H and O–H groups in total. The van der Waals surface area contributed by atoms with Crippen molar-refractivity contribution in [2.24, 2.45) is 11.3 Å². The van der Waals surface area contributed by atoms with Crippen LogP contribution in [0, 0.1) is 11.3 Å². The standard InChI is InChI=1S/C15H21ClO/c1-13-9-15(10-13,12-16)7-8-17-11-14-5-3-2-4-6-14/h2-6,13H,7-12H2,1H3. The Morgan fingerprint density at radius 1 is 1.29 bits per heavy atom. The van der Waals surface area contributed by atoms with E-state index in [0.717, 1.165) is 31.4 Å². The summed E-state index contributed by atoms with van der Waals surface area (Å²) in [4.78, 5) is 0. The first-order valence-corrected chi connectivity index (χ1v) is 6.95. The lowest BCUT2D eigenvalue weighted by molar-refractivity contribution is 0.0275. The number of hydrogen-bond donors (Lipinski definition) is 0. The van der Waals surface area contributed by atoms with Crippen molar-refractivity contribution in [3.63, 3.8) is 0 Å². The van der Waals surface area contributed by atoms with Gasteiger partial charge in [0.05, 0.1) is 6.61 Å². The fraction of sp³-hybridized carbons (Fsp3) is 0.600. The van der Waals surface area contributed by atoms with Gasteiger partial charge >= 0.3 is 0 Å². The zero-order valence-corrected chi connectivity index (χ0v) is 11.2. The predicted octanol–water partition coefficient (Wildman–Crippen LogP) is 4.25. The van der Waals surface area contributed by atoms with Crippen LogP contribution in [0.1, 0.15) is 31.7 Å². The van der Waals surface area contributed by atoms with Crippen LogP contribution < -0.4 is 0 Å². The molecule has 1 nitrogen and oxygen atoms in total. The molecule has 0 unspecified atom stereocenters. The number of hydrogen-bond acceptors (Lipinski definition) is 1. The molecule has 0 amide bonds. The highest BCUT2D eigenvalue weighted by Gasteiger charge is 2.40. The largest absolute Gasteiger partial charge is 0.377 e. The fourth-order valence-corrected chi connectivity index (χ4v) is 3.20. The summed E-state index contributed by atoms with van der Waals surface area (Å²) in [5.74, 6) is 1.63. The van der Waals surface area contributed by atoms with E-state index >= 15 is 0 Å². The van der Waals surface area contributed by atoms with Crippen LogP contribution in [0.5, 0.6) is 0 Å². The maximum absolute atomic E-state index is 6.07. The van der Waals surface area contributed by atoms with Crippen LogP contribution in [0.4, 0.5) is 0 Å². The lowest BCUT2D eigenvalue weighted by Gasteiger charge is -2.45. The Balaban J connectivity index is 1.66. The summed E-state index contributed by atoms with van der Waals surface area (Å²) in [5.41, 5.74) is 1.62. The van der Waals surface area contributed by atoms with Gasteiger partial charge in [0, 0.05) is 12.5 Å². The van der Waals surface area contributed by atoms with E-state index in [4.69, 9.17) is 16.3 Å². The minimum absolute atomic E-state index is 0.373. The molecule has 0 spiro atoms. The average molecular weight is 253 g/mol. The van der Waals surface area contributed by atoms with E-state index in [2.05, 4.69) is 19.1 Å². The quantitative estimate of drug-likeness (QED) is 0.543. The minimum atomic E-state index is 0.373. The first-order valence-electron chi connectivity index (χ1n) is 6.42. The van der Waals surface area contributed by atoms with Gasteiger partial charge in [0.2, 0.25) is 0 Å². The highest BCUT2D eigenvalue weighted by molar-refractivity contribution is 6.18. The van der Waals surface area contributed by atoms with Gasteiger partial charge in [0.15, 0.2) is 0 Å². The van der Waals surface area contributed by atoms with Crippen molar-refractivity contribution in [1.29, 1.82) is 0 Å². The Kier molecular flexibility index (Phi) is 4.47. The van der Waals surface area contributed by atoms with Gasteiger partial charge in [-0.15, -0.1) is 11.6 Å². The van der Waals surface area contributed by atoms with E-state index in [1.807, 2.05) is 18.2 Å². The van der Waals surface area contributed by atoms with Crippen LogP contribution in [0.15, 0.2) is 30.3 Å². The first-order chi connectivity index (χ1) is 8.24. The molecule has 1 saturated carbocycles. The van der Waals surface area contributed by atoms with Gasteiger partial charge in [-0.05, 0) is 36.2 Å². The zero-order valence-electron chi connectivity index (χ0n) is 10.5. The number of benzene rings is 1. The van der Waals surface area contributed by atoms with Crippen LogP contribution in [-0.2, 0) is 11.3 Å². The molecule has 1 aliphatic rings. The second-order valence-electron chi connectivity index (χ2n) is 5.44. The van der Waals surface area contributed by atoms with Crippen molar-refractivity contribution in [1.82, 2.24) is 0 Å². The highest BCUT2D eigenvalue weighted by Crippen LogP contribution is 2.48. The van der Waals surface area contributed by atoms with Gasteiger partial charge in [-0.25, -0.2) is 0 Å². The molecule has 2 heteroatoms. The van der Waals surface area contributed by atoms with Crippen molar-refractivity contribution in [3.05, 3.63) is 35.9 Å². The normalized spacial score (nSPS) is 27.8. The van der Waals surface area contributed by atoms with Crippen molar-refractivity contribution < 1.29 is 4.74 Å². The van der Waals surface area contributed by atoms with Gasteiger partial charge in [0.1, 0.15) is 0 Å². The third-order valence-electron chi connectivity index (χ3n) is 3.73. The summed E-state index contributed by atoms with van der Waals surface area (Å²) in [5, 5.41) is 0. The number of halogens is 1. The van der Waals surface area contributed by atoms with Crippen molar-refractivity contribution in [2.75, 3.05) is 12.5 Å². The van der Waals surface area contributed by atoms with Crippen LogP contribution in [0.25, 0.3) is 0 Å². The van der Waals surface area contributed by atoms with E-state index in [1.165, 1.54) is 18.4 Å². The summed E-state index contributed by atoms with van der Waals surface area (Å²) in [6.07, 6.45) is 3.64. The monoisotopic (exact) mass is 252 g/mol. The van der Waals surface area contributed by atoms with Crippen LogP contribution in [0.2, 0.25) is 0 Å². The molecule has 94 valence electrons. The lowest BCUT2D eigenvalue weighted by Crippen LogP contribution is -2.38. The molecule has 1 aromatic carbocycles. The van der Waals surface area contributed by atoms with Gasteiger partial charge in [-0.3, -0.25) is 0 Å². The van der Waals surface area contributed by atoms with Gasteiger partial charge in [0.25, 0.3) is 0 Å². The molecule has 0 radical (unpaired) electrons. The first kappa shape index (κ1) is 12.9. The summed E-state index contributed by atoms with van der Waals surface area (Å²) in [7, 11) is 0. The zero-order chi connectivity index (χ0) is 12.1. The molecule has 1 aliphatic carbocycles. The molecule has 0 heterocycles. The Bertz CT molecular complexity index is 330. The smallest absolute Gasteiger partial charge is 0.0716 e. The molecule has 17 heavy (non-hydrogen) atoms. The predicted molar refractivity (Wildman–Crippen MR) is 72.3 cm³/mol. The fourth-order valence-electron chi connectivity index (χ4n) is 2.85. The Morgan fingerprint density at radius 2 is 2.00 bits per heavy atom. The van der Waals surface area contributed by atoms with E-state index < -0.39 is 0 Å². The Morgan fingerprint density at radius 3 is 2.59 bits per heavy atom. The molecule has 1 aromatic rings. The molecule has 0 bridgehead atoms. The summed E-state index contributed by atoms with van der Waals surface area (Å²) < 4.78 is 5.73. The summed E-state index contributed by atoms with van der Waals surface area (Å²) in [6, 6.07) is 10.3. The van der Waals surface area contributed by atoms with Crippen molar-refractivity contribution >= 4 is 11.6 Å². The molecule has 0 atom stereocenters. The molecule has 1 fully saturated rings. The number of rotatable bonds is 6. The molecule has 2 rings (SSSR count). The third-order valence-corrected chi connectivity index (χ3v) is 4.30. The average Bonchev–Trinajstić information content (AvgIpc) is 2.33. The van der Waals surface area contributed by atoms with Crippen molar-refractivity contribution in [3.8, 4) is 0 Å². The SMILES string of the molecule is CC1CC(CCl)(CCOCc2ccccc2)C1. The molecular weight excluding hydrogens is 232 g/mol. The highest BCUT2D eigenvalue weighted by atomic mass is 35.5. The van der Waals surface area contributed by atoms with Gasteiger partial charge in [-0.2, -0.15) is 0 Å². The molecule has 0 aliphatic heterocycles. The third kappa shape index (κ3) is 3.46. The van der Waals surface area contributed by atoms with Crippen LogP contribution in [0.3, 0.4) is 0 Å². The second-order valence-corrected chi connectivity index (χ2v) is 5.70. The van der Waals surface area contributed by atoms with E-state index in [1.54, 1.807) is 0 Å². The van der Waals surface area contributed by atoms with Crippen LogP contribution >= 0.6 is 11.6 Å². The topological polar surface area (TPSA) is 9.23 Å². The Labute approximate surface area is 109 Å². The number of alkyl halides is 1. The maximum atomic E-state index is 6.07. The lowest BCUT2D eigenvalue weighted by atomic mass is 9.62. The Hall–Kier alpha value is -0.530. The van der Waals surface area contributed by atoms with Gasteiger partial charge < -0.3 is 4.74 Å². The molecular formula is C15H21ClO. The van der Waals surface area contributed by atoms with Gasteiger partial charge in [-0.1, -0.05) is 37.3 Å². The van der Waals surface area contributed by atoms with E-state index in [-0.39, 0.29) is 0 Å². The van der Waals surface area contributed by atoms with E-state index in [0.29, 0.717) is 5.41 Å². The molecule has 0 saturated heterocycles. The summed E-state index contributed by atoms with van der Waals surface area (Å²) >= 11 is 6.07. The second kappa shape index (κ2) is 5.88. The van der Waals surface area contributed by atoms with Crippen molar-refractivity contribution in [2.45, 2.75) is 32.8 Å². The molecule has 0 aromatic heterocycles. The van der Waals surface area contributed by atoms with E-state index in [9.17, 15) is 0 Å². The number of ether oxygens (including phenoxy) is 1. The summed E-state index contributed by atoms with van der Waals surface area (Å²) in [6.45, 7) is 3.85. The maximum Gasteiger partial charge on any atom is 0.0716 e. The minimum Gasteiger partial charge on any atom is -0.377 e.